The maximum absolute atomic E-state index is 12.9. The summed E-state index contributed by atoms with van der Waals surface area (Å²) in [6.07, 6.45) is 2.32. The van der Waals surface area contributed by atoms with Crippen molar-refractivity contribution in [2.24, 2.45) is 0 Å². The summed E-state index contributed by atoms with van der Waals surface area (Å²) in [4.78, 5) is 19.2. The van der Waals surface area contributed by atoms with Crippen LogP contribution in [0.15, 0.2) is 18.2 Å². The van der Waals surface area contributed by atoms with Gasteiger partial charge in [0.15, 0.2) is 5.82 Å². The van der Waals surface area contributed by atoms with Crippen LogP contribution in [0.4, 0.5) is 11.5 Å². The standard InChI is InChI=1S/C21H27Cl2N5O2/c1-15-20(23)21(27-7-3-4-8-27)24-28(15)14-19(29)26-11-9-25(10-12-26)16-5-6-17(22)18(13-16)30-2/h5-6,13H,3-4,7-12,14H2,1-2H3. The first kappa shape index (κ1) is 21.1. The Hall–Kier alpha value is -2.12. The molecule has 0 aliphatic carbocycles. The molecule has 0 saturated carbocycles. The summed E-state index contributed by atoms with van der Waals surface area (Å²) < 4.78 is 7.06. The number of piperazine rings is 1. The zero-order valence-corrected chi connectivity index (χ0v) is 18.9. The molecule has 3 heterocycles. The van der Waals surface area contributed by atoms with Crippen LogP contribution in [-0.4, -0.2) is 67.0 Å². The van der Waals surface area contributed by atoms with Crippen molar-refractivity contribution >= 4 is 40.6 Å². The summed E-state index contributed by atoms with van der Waals surface area (Å²) in [5.74, 6) is 1.53. The molecule has 9 heteroatoms. The summed E-state index contributed by atoms with van der Waals surface area (Å²) in [5, 5.41) is 5.89. The fourth-order valence-electron chi connectivity index (χ4n) is 4.08. The van der Waals surface area contributed by atoms with Crippen LogP contribution in [0.5, 0.6) is 5.75 Å². The van der Waals surface area contributed by atoms with Crippen LogP contribution in [0.1, 0.15) is 18.5 Å². The maximum atomic E-state index is 12.9. The predicted octanol–water partition coefficient (Wildman–Crippen LogP) is 3.46. The number of hydrogen-bond acceptors (Lipinski definition) is 5. The molecule has 0 N–H and O–H groups in total. The largest absolute Gasteiger partial charge is 0.495 e. The van der Waals surface area contributed by atoms with E-state index in [1.165, 1.54) is 0 Å². The Morgan fingerprint density at radius 2 is 1.77 bits per heavy atom. The molecule has 0 atom stereocenters. The molecule has 1 aromatic heterocycles. The van der Waals surface area contributed by atoms with E-state index >= 15 is 0 Å². The molecular formula is C21H27Cl2N5O2. The third kappa shape index (κ3) is 4.18. The van der Waals surface area contributed by atoms with Crippen molar-refractivity contribution in [3.8, 4) is 5.75 Å². The van der Waals surface area contributed by atoms with Gasteiger partial charge in [-0.25, -0.2) is 0 Å². The average Bonchev–Trinajstić information content (AvgIpc) is 3.38. The molecule has 0 spiro atoms. The number of hydrogen-bond donors (Lipinski definition) is 0. The molecule has 30 heavy (non-hydrogen) atoms. The lowest BCUT2D eigenvalue weighted by molar-refractivity contribution is -0.132. The third-order valence-corrected chi connectivity index (χ3v) is 6.69. The van der Waals surface area contributed by atoms with E-state index in [0.717, 1.165) is 56.2 Å². The molecule has 1 aromatic carbocycles. The van der Waals surface area contributed by atoms with Gasteiger partial charge in [0.25, 0.3) is 0 Å². The second-order valence-electron chi connectivity index (χ2n) is 7.76. The van der Waals surface area contributed by atoms with Crippen LogP contribution in [0.25, 0.3) is 0 Å². The van der Waals surface area contributed by atoms with E-state index in [2.05, 4.69) is 14.9 Å². The SMILES string of the molecule is COc1cc(N2CCN(C(=O)Cn3nc(N4CCCC4)c(Cl)c3C)CC2)ccc1Cl. The van der Waals surface area contributed by atoms with Crippen LogP contribution in [0.2, 0.25) is 10.0 Å². The van der Waals surface area contributed by atoms with Gasteiger partial charge >= 0.3 is 0 Å². The summed E-state index contributed by atoms with van der Waals surface area (Å²) in [7, 11) is 1.61. The molecule has 2 aromatic rings. The van der Waals surface area contributed by atoms with Crippen LogP contribution in [0, 0.1) is 6.92 Å². The smallest absolute Gasteiger partial charge is 0.244 e. The zero-order valence-electron chi connectivity index (χ0n) is 17.4. The first-order valence-corrected chi connectivity index (χ1v) is 11.1. The highest BCUT2D eigenvalue weighted by Crippen LogP contribution is 2.31. The number of nitrogens with zero attached hydrogens (tertiary/aromatic N) is 5. The minimum absolute atomic E-state index is 0.0681. The Balaban J connectivity index is 1.37. The Kier molecular flexibility index (Phi) is 6.29. The van der Waals surface area contributed by atoms with Crippen molar-refractivity contribution in [2.45, 2.75) is 26.3 Å². The second-order valence-corrected chi connectivity index (χ2v) is 8.55. The van der Waals surface area contributed by atoms with E-state index in [4.69, 9.17) is 27.9 Å². The number of ether oxygens (including phenoxy) is 1. The van der Waals surface area contributed by atoms with Crippen molar-refractivity contribution in [3.05, 3.63) is 33.9 Å². The average molecular weight is 452 g/mol. The molecule has 1 amide bonds. The number of carbonyl (C=O) groups is 1. The van der Waals surface area contributed by atoms with Gasteiger partial charge in [-0.15, -0.1) is 0 Å². The van der Waals surface area contributed by atoms with Crippen LogP contribution in [-0.2, 0) is 11.3 Å². The van der Waals surface area contributed by atoms with E-state index < -0.39 is 0 Å². The van der Waals surface area contributed by atoms with Crippen LogP contribution in [0.3, 0.4) is 0 Å². The van der Waals surface area contributed by atoms with Crippen LogP contribution >= 0.6 is 23.2 Å². The molecule has 0 unspecified atom stereocenters. The van der Waals surface area contributed by atoms with Crippen molar-refractivity contribution in [1.82, 2.24) is 14.7 Å². The number of anilines is 2. The molecule has 2 aliphatic heterocycles. The van der Waals surface area contributed by atoms with Gasteiger partial charge in [-0.1, -0.05) is 23.2 Å². The maximum Gasteiger partial charge on any atom is 0.244 e. The molecule has 0 radical (unpaired) electrons. The minimum atomic E-state index is 0.0681. The van der Waals surface area contributed by atoms with E-state index in [1.54, 1.807) is 11.8 Å². The molecule has 7 nitrogen and oxygen atoms in total. The highest BCUT2D eigenvalue weighted by molar-refractivity contribution is 6.33. The number of aromatic nitrogens is 2. The van der Waals surface area contributed by atoms with Gasteiger partial charge < -0.3 is 19.4 Å². The summed E-state index contributed by atoms with van der Waals surface area (Å²) in [6.45, 7) is 6.93. The van der Waals surface area contributed by atoms with E-state index in [9.17, 15) is 4.79 Å². The normalized spacial score (nSPS) is 17.0. The molecule has 4 rings (SSSR count). The van der Waals surface area contributed by atoms with Crippen molar-refractivity contribution in [3.63, 3.8) is 0 Å². The van der Waals surface area contributed by atoms with Crippen LogP contribution < -0.4 is 14.5 Å². The lowest BCUT2D eigenvalue weighted by Crippen LogP contribution is -2.49. The fraction of sp³-hybridized carbons (Fsp3) is 0.524. The molecule has 162 valence electrons. The number of methoxy groups -OCH3 is 1. The van der Waals surface area contributed by atoms with Crippen molar-refractivity contribution in [1.29, 1.82) is 0 Å². The van der Waals surface area contributed by atoms with E-state index in [0.29, 0.717) is 28.9 Å². The first-order valence-electron chi connectivity index (χ1n) is 10.3. The fourth-order valence-corrected chi connectivity index (χ4v) is 4.53. The Morgan fingerprint density at radius 3 is 2.43 bits per heavy atom. The lowest BCUT2D eigenvalue weighted by atomic mass is 10.2. The van der Waals surface area contributed by atoms with Gasteiger partial charge in [0.1, 0.15) is 17.3 Å². The highest BCUT2D eigenvalue weighted by Gasteiger charge is 2.25. The van der Waals surface area contributed by atoms with E-state index in [1.807, 2.05) is 30.0 Å². The zero-order chi connectivity index (χ0) is 21.3. The van der Waals surface area contributed by atoms with Gasteiger partial charge in [0, 0.05) is 51.0 Å². The number of carbonyl (C=O) groups excluding carboxylic acids is 1. The molecule has 0 bridgehead atoms. The Bertz CT molecular complexity index is 918. The highest BCUT2D eigenvalue weighted by atomic mass is 35.5. The number of halogens is 2. The number of rotatable bonds is 5. The van der Waals surface area contributed by atoms with Crippen molar-refractivity contribution < 1.29 is 9.53 Å². The quantitative estimate of drug-likeness (QED) is 0.696. The predicted molar refractivity (Wildman–Crippen MR) is 120 cm³/mol. The van der Waals surface area contributed by atoms with E-state index in [-0.39, 0.29) is 12.5 Å². The van der Waals surface area contributed by atoms with Gasteiger partial charge in [0.05, 0.1) is 17.8 Å². The Morgan fingerprint density at radius 1 is 1.07 bits per heavy atom. The van der Waals surface area contributed by atoms with Gasteiger partial charge in [0.2, 0.25) is 5.91 Å². The third-order valence-electron chi connectivity index (χ3n) is 5.94. The van der Waals surface area contributed by atoms with Crippen molar-refractivity contribution in [2.75, 3.05) is 56.2 Å². The van der Waals surface area contributed by atoms with Gasteiger partial charge in [-0.2, -0.15) is 5.10 Å². The lowest BCUT2D eigenvalue weighted by Gasteiger charge is -2.36. The molecule has 2 fully saturated rings. The minimum Gasteiger partial charge on any atom is -0.495 e. The summed E-state index contributed by atoms with van der Waals surface area (Å²) in [6, 6.07) is 5.77. The first-order chi connectivity index (χ1) is 14.5. The summed E-state index contributed by atoms with van der Waals surface area (Å²) in [5.41, 5.74) is 1.90. The molecule has 2 saturated heterocycles. The monoisotopic (exact) mass is 451 g/mol. The number of benzene rings is 1. The van der Waals surface area contributed by atoms with Gasteiger partial charge in [-0.3, -0.25) is 9.48 Å². The molecular weight excluding hydrogens is 425 g/mol. The molecule has 2 aliphatic rings. The Labute approximate surface area is 187 Å². The second kappa shape index (κ2) is 8.94. The number of amides is 1. The van der Waals surface area contributed by atoms with Gasteiger partial charge in [-0.05, 0) is 31.9 Å². The summed E-state index contributed by atoms with van der Waals surface area (Å²) >= 11 is 12.6. The topological polar surface area (TPSA) is 53.8 Å².